The topological polar surface area (TPSA) is 80.5 Å². The summed E-state index contributed by atoms with van der Waals surface area (Å²) in [5.41, 5.74) is 0. The molecule has 7 nitrogen and oxygen atoms in total. The molecule has 0 aromatic carbocycles. The van der Waals surface area contributed by atoms with Crippen molar-refractivity contribution in [3.63, 3.8) is 0 Å². The summed E-state index contributed by atoms with van der Waals surface area (Å²) in [5.74, 6) is 2.56. The first kappa shape index (κ1) is 12.6. The minimum atomic E-state index is 0.492. The van der Waals surface area contributed by atoms with E-state index < -0.39 is 0 Å². The molecule has 2 heterocycles. The lowest BCUT2D eigenvalue weighted by Gasteiger charge is -2.07. The lowest BCUT2D eigenvalue weighted by molar-refractivity contribution is 0.798. The monoisotopic (exact) mass is 265 g/mol. The summed E-state index contributed by atoms with van der Waals surface area (Å²) in [5, 5.41) is 10.2. The average Bonchev–Trinajstić information content (AvgIpc) is 2.92. The summed E-state index contributed by atoms with van der Waals surface area (Å²) in [6, 6.07) is 1.82. The SMILES string of the molecule is CNc1nc(NCCSC)nc(-n2cccn2)n1. The largest absolute Gasteiger partial charge is 0.357 e. The zero-order valence-electron chi connectivity index (χ0n) is 10.3. The zero-order valence-corrected chi connectivity index (χ0v) is 11.1. The van der Waals surface area contributed by atoms with Crippen LogP contribution in [0.3, 0.4) is 0 Å². The maximum Gasteiger partial charge on any atom is 0.257 e. The Morgan fingerprint density at radius 3 is 2.78 bits per heavy atom. The molecule has 0 unspecified atom stereocenters. The van der Waals surface area contributed by atoms with Crippen molar-refractivity contribution in [3.8, 4) is 5.95 Å². The Bertz CT molecular complexity index is 485. The van der Waals surface area contributed by atoms with Crippen molar-refractivity contribution >= 4 is 23.7 Å². The minimum Gasteiger partial charge on any atom is -0.357 e. The first-order valence-corrected chi connectivity index (χ1v) is 6.89. The molecule has 0 saturated heterocycles. The highest BCUT2D eigenvalue weighted by atomic mass is 32.2. The van der Waals surface area contributed by atoms with E-state index in [4.69, 9.17) is 0 Å². The first-order valence-electron chi connectivity index (χ1n) is 5.50. The van der Waals surface area contributed by atoms with Crippen molar-refractivity contribution in [2.24, 2.45) is 0 Å². The Kier molecular flexibility index (Phi) is 4.35. The van der Waals surface area contributed by atoms with Gasteiger partial charge in [0.05, 0.1) is 0 Å². The Morgan fingerprint density at radius 1 is 1.28 bits per heavy atom. The van der Waals surface area contributed by atoms with Crippen molar-refractivity contribution in [3.05, 3.63) is 18.5 Å². The van der Waals surface area contributed by atoms with Gasteiger partial charge >= 0.3 is 0 Å². The Labute approximate surface area is 109 Å². The third kappa shape index (κ3) is 3.10. The fourth-order valence-corrected chi connectivity index (χ4v) is 1.62. The molecular weight excluding hydrogens is 250 g/mol. The quantitative estimate of drug-likeness (QED) is 0.750. The number of nitrogens with zero attached hydrogens (tertiary/aromatic N) is 5. The molecule has 18 heavy (non-hydrogen) atoms. The molecular formula is C10H15N7S. The number of rotatable bonds is 6. The van der Waals surface area contributed by atoms with Gasteiger partial charge in [-0.2, -0.15) is 31.8 Å². The molecule has 0 radical (unpaired) electrons. The second kappa shape index (κ2) is 6.20. The molecule has 0 saturated carbocycles. The van der Waals surface area contributed by atoms with Crippen LogP contribution in [0.5, 0.6) is 0 Å². The van der Waals surface area contributed by atoms with Crippen LogP contribution in [-0.2, 0) is 0 Å². The van der Waals surface area contributed by atoms with E-state index >= 15 is 0 Å². The fourth-order valence-electron chi connectivity index (χ4n) is 1.31. The van der Waals surface area contributed by atoms with Crippen LogP contribution in [0.1, 0.15) is 0 Å². The number of nitrogens with one attached hydrogen (secondary N) is 2. The van der Waals surface area contributed by atoms with E-state index in [1.165, 1.54) is 0 Å². The van der Waals surface area contributed by atoms with Crippen molar-refractivity contribution in [2.75, 3.05) is 36.2 Å². The molecule has 8 heteroatoms. The molecule has 96 valence electrons. The van der Waals surface area contributed by atoms with Crippen LogP contribution < -0.4 is 10.6 Å². The molecule has 0 aliphatic heterocycles. The smallest absolute Gasteiger partial charge is 0.257 e. The van der Waals surface area contributed by atoms with E-state index in [1.54, 1.807) is 35.9 Å². The van der Waals surface area contributed by atoms with Crippen molar-refractivity contribution in [2.45, 2.75) is 0 Å². The van der Waals surface area contributed by atoms with Gasteiger partial charge in [-0.15, -0.1) is 0 Å². The van der Waals surface area contributed by atoms with E-state index in [2.05, 4.69) is 36.9 Å². The maximum atomic E-state index is 4.31. The lowest BCUT2D eigenvalue weighted by Crippen LogP contribution is -2.13. The van der Waals surface area contributed by atoms with Gasteiger partial charge in [0.1, 0.15) is 0 Å². The Balaban J connectivity index is 2.22. The molecule has 0 fully saturated rings. The Morgan fingerprint density at radius 2 is 2.11 bits per heavy atom. The van der Waals surface area contributed by atoms with Gasteiger partial charge in [-0.25, -0.2) is 4.68 Å². The molecule has 0 bridgehead atoms. The summed E-state index contributed by atoms with van der Waals surface area (Å²) < 4.78 is 1.60. The molecule has 2 rings (SSSR count). The summed E-state index contributed by atoms with van der Waals surface area (Å²) in [4.78, 5) is 12.8. The average molecular weight is 265 g/mol. The zero-order chi connectivity index (χ0) is 12.8. The summed E-state index contributed by atoms with van der Waals surface area (Å²) in [7, 11) is 1.77. The second-order valence-electron chi connectivity index (χ2n) is 3.40. The molecule has 0 aliphatic rings. The summed E-state index contributed by atoms with van der Waals surface area (Å²) in [6.07, 6.45) is 5.54. The van der Waals surface area contributed by atoms with Crippen molar-refractivity contribution in [1.29, 1.82) is 0 Å². The van der Waals surface area contributed by atoms with Gasteiger partial charge in [0.25, 0.3) is 5.95 Å². The molecule has 0 spiro atoms. The standard InChI is InChI=1S/C10H15N7S/c1-11-8-14-9(12-5-7-18-2)16-10(15-8)17-6-3-4-13-17/h3-4,6H,5,7H2,1-2H3,(H2,11,12,14,15,16). The number of hydrogen-bond donors (Lipinski definition) is 2. The molecule has 0 aliphatic carbocycles. The lowest BCUT2D eigenvalue weighted by atomic mass is 10.7. The van der Waals surface area contributed by atoms with Gasteiger partial charge in [0.2, 0.25) is 11.9 Å². The van der Waals surface area contributed by atoms with Crippen molar-refractivity contribution in [1.82, 2.24) is 24.7 Å². The number of aromatic nitrogens is 5. The number of anilines is 2. The molecule has 0 atom stereocenters. The van der Waals surface area contributed by atoms with Crippen LogP contribution in [0.2, 0.25) is 0 Å². The highest BCUT2D eigenvalue weighted by molar-refractivity contribution is 7.98. The van der Waals surface area contributed by atoms with Crippen LogP contribution >= 0.6 is 11.8 Å². The van der Waals surface area contributed by atoms with Gasteiger partial charge < -0.3 is 10.6 Å². The van der Waals surface area contributed by atoms with E-state index in [-0.39, 0.29) is 0 Å². The number of hydrogen-bond acceptors (Lipinski definition) is 7. The Hall–Kier alpha value is -1.83. The minimum absolute atomic E-state index is 0.492. The van der Waals surface area contributed by atoms with E-state index in [0.717, 1.165) is 12.3 Å². The van der Waals surface area contributed by atoms with Gasteiger partial charge in [-0.05, 0) is 12.3 Å². The molecule has 2 aromatic heterocycles. The van der Waals surface area contributed by atoms with Gasteiger partial charge in [-0.1, -0.05) is 0 Å². The summed E-state index contributed by atoms with van der Waals surface area (Å²) in [6.45, 7) is 0.812. The normalized spacial score (nSPS) is 10.3. The van der Waals surface area contributed by atoms with Crippen molar-refractivity contribution < 1.29 is 0 Å². The highest BCUT2D eigenvalue weighted by Crippen LogP contribution is 2.08. The van der Waals surface area contributed by atoms with Gasteiger partial charge in [-0.3, -0.25) is 0 Å². The van der Waals surface area contributed by atoms with Crippen LogP contribution in [0.4, 0.5) is 11.9 Å². The van der Waals surface area contributed by atoms with E-state index in [0.29, 0.717) is 17.8 Å². The van der Waals surface area contributed by atoms with Crippen LogP contribution in [0, 0.1) is 0 Å². The van der Waals surface area contributed by atoms with E-state index in [1.807, 2.05) is 6.07 Å². The fraction of sp³-hybridized carbons (Fsp3) is 0.400. The molecule has 2 aromatic rings. The highest BCUT2D eigenvalue weighted by Gasteiger charge is 2.06. The number of thioether (sulfide) groups is 1. The second-order valence-corrected chi connectivity index (χ2v) is 4.39. The van der Waals surface area contributed by atoms with Crippen LogP contribution in [0.25, 0.3) is 5.95 Å². The first-order chi connectivity index (χ1) is 8.83. The summed E-state index contributed by atoms with van der Waals surface area (Å²) >= 11 is 1.77. The van der Waals surface area contributed by atoms with Crippen LogP contribution in [0.15, 0.2) is 18.5 Å². The van der Waals surface area contributed by atoms with Gasteiger partial charge in [0.15, 0.2) is 0 Å². The molecule has 0 amide bonds. The predicted molar refractivity (Wildman–Crippen MR) is 73.4 cm³/mol. The molecule has 2 N–H and O–H groups in total. The van der Waals surface area contributed by atoms with E-state index in [9.17, 15) is 0 Å². The third-order valence-electron chi connectivity index (χ3n) is 2.15. The predicted octanol–water partition coefficient (Wildman–Crippen LogP) is 0.874. The van der Waals surface area contributed by atoms with Crippen LogP contribution in [-0.4, -0.2) is 50.3 Å². The maximum absolute atomic E-state index is 4.31. The van der Waals surface area contributed by atoms with Gasteiger partial charge in [0, 0.05) is 31.7 Å². The third-order valence-corrected chi connectivity index (χ3v) is 2.76.